The number of aromatic carboxylic acids is 1. The van der Waals surface area contributed by atoms with Gasteiger partial charge in [0.15, 0.2) is 0 Å². The topological polar surface area (TPSA) is 82.5 Å². The quantitative estimate of drug-likeness (QED) is 0.608. The zero-order valence-electron chi connectivity index (χ0n) is 16.9. The van der Waals surface area contributed by atoms with Gasteiger partial charge in [0, 0.05) is 30.2 Å². The Labute approximate surface area is 170 Å². The van der Waals surface area contributed by atoms with E-state index in [0.29, 0.717) is 28.0 Å². The minimum Gasteiger partial charge on any atom is -0.478 e. The number of aromatic nitrogens is 1. The van der Waals surface area contributed by atoms with Crippen LogP contribution in [0.2, 0.25) is 0 Å². The van der Waals surface area contributed by atoms with E-state index in [4.69, 9.17) is 0 Å². The first-order chi connectivity index (χ1) is 13.9. The molecular formula is C23H25N3O3. The number of carbonyl (C=O) groups excluding carboxylic acids is 1. The lowest BCUT2D eigenvalue weighted by Crippen LogP contribution is -2.20. The van der Waals surface area contributed by atoms with E-state index in [0.717, 1.165) is 24.9 Å². The molecule has 6 nitrogen and oxygen atoms in total. The van der Waals surface area contributed by atoms with E-state index >= 15 is 0 Å². The summed E-state index contributed by atoms with van der Waals surface area (Å²) in [6, 6.07) is 14.0. The molecule has 0 fully saturated rings. The van der Waals surface area contributed by atoms with Gasteiger partial charge in [0.25, 0.3) is 5.91 Å². The molecule has 2 N–H and O–H groups in total. The van der Waals surface area contributed by atoms with Crippen LogP contribution in [0.1, 0.15) is 46.0 Å². The van der Waals surface area contributed by atoms with Crippen LogP contribution in [0, 0.1) is 6.92 Å². The Balaban J connectivity index is 1.94. The van der Waals surface area contributed by atoms with Crippen molar-refractivity contribution in [1.29, 1.82) is 0 Å². The van der Waals surface area contributed by atoms with Crippen LogP contribution in [0.15, 0.2) is 48.5 Å². The normalized spacial score (nSPS) is 10.7. The van der Waals surface area contributed by atoms with Gasteiger partial charge in [-0.25, -0.2) is 9.78 Å². The van der Waals surface area contributed by atoms with Crippen LogP contribution in [0.5, 0.6) is 0 Å². The lowest BCUT2D eigenvalue weighted by Gasteiger charge is -2.19. The number of hydrogen-bond acceptors (Lipinski definition) is 4. The molecule has 1 heterocycles. The number of unbranched alkanes of at least 4 members (excludes halogenated alkanes) is 1. The molecule has 3 aromatic rings. The number of carbonyl (C=O) groups is 2. The minimum absolute atomic E-state index is 0.166. The van der Waals surface area contributed by atoms with E-state index in [1.165, 1.54) is 0 Å². The number of nitrogens with zero attached hydrogens (tertiary/aromatic N) is 2. The summed E-state index contributed by atoms with van der Waals surface area (Å²) < 4.78 is 0. The molecule has 1 aromatic heterocycles. The van der Waals surface area contributed by atoms with E-state index in [2.05, 4.69) is 17.2 Å². The second kappa shape index (κ2) is 8.73. The molecule has 29 heavy (non-hydrogen) atoms. The van der Waals surface area contributed by atoms with Crippen molar-refractivity contribution in [2.24, 2.45) is 0 Å². The molecule has 0 saturated carbocycles. The van der Waals surface area contributed by atoms with E-state index in [1.54, 1.807) is 36.4 Å². The van der Waals surface area contributed by atoms with Crippen LogP contribution < -0.4 is 10.2 Å². The zero-order chi connectivity index (χ0) is 21.0. The van der Waals surface area contributed by atoms with Crippen LogP contribution >= 0.6 is 0 Å². The zero-order valence-corrected chi connectivity index (χ0v) is 16.9. The van der Waals surface area contributed by atoms with E-state index in [1.807, 2.05) is 31.0 Å². The molecule has 0 bridgehead atoms. The number of hydrogen-bond donors (Lipinski definition) is 2. The number of aryl methyl sites for hydroxylation is 1. The van der Waals surface area contributed by atoms with Crippen molar-refractivity contribution >= 4 is 34.3 Å². The monoisotopic (exact) mass is 391 g/mol. The van der Waals surface area contributed by atoms with Crippen molar-refractivity contribution in [1.82, 2.24) is 4.98 Å². The summed E-state index contributed by atoms with van der Waals surface area (Å²) in [6.07, 6.45) is 2.05. The highest BCUT2D eigenvalue weighted by molar-refractivity contribution is 6.08. The van der Waals surface area contributed by atoms with E-state index < -0.39 is 5.97 Å². The summed E-state index contributed by atoms with van der Waals surface area (Å²) in [5, 5.41) is 13.0. The Morgan fingerprint density at radius 1 is 1.10 bits per heavy atom. The largest absolute Gasteiger partial charge is 0.478 e. The average Bonchev–Trinajstić information content (AvgIpc) is 2.71. The van der Waals surface area contributed by atoms with Gasteiger partial charge in [-0.2, -0.15) is 0 Å². The number of amides is 1. The standard InChI is InChI=1S/C23H25N3O3/c1-4-5-12-26(3)21-14-19(23(28)29)18-13-17(10-11-20(18)25-21)24-22(27)16-8-6-15(2)7-9-16/h6-11,13-14H,4-5,12H2,1-3H3,(H,24,27)(H,28,29). The smallest absolute Gasteiger partial charge is 0.336 e. The van der Waals surface area contributed by atoms with Gasteiger partial charge in [0.05, 0.1) is 11.1 Å². The lowest BCUT2D eigenvalue weighted by atomic mass is 10.1. The van der Waals surface area contributed by atoms with Gasteiger partial charge < -0.3 is 15.3 Å². The molecule has 0 saturated heterocycles. The molecule has 0 unspecified atom stereocenters. The summed E-state index contributed by atoms with van der Waals surface area (Å²) >= 11 is 0. The first-order valence-corrected chi connectivity index (χ1v) is 9.66. The Morgan fingerprint density at radius 2 is 1.83 bits per heavy atom. The second-order valence-corrected chi connectivity index (χ2v) is 7.16. The molecule has 0 aliphatic rings. The molecule has 0 atom stereocenters. The highest BCUT2D eigenvalue weighted by Crippen LogP contribution is 2.26. The van der Waals surface area contributed by atoms with Crippen molar-refractivity contribution in [3.8, 4) is 0 Å². The molecule has 0 spiro atoms. The van der Waals surface area contributed by atoms with Crippen molar-refractivity contribution in [3.05, 3.63) is 65.2 Å². The number of carboxylic acid groups (broad SMARTS) is 1. The molecule has 0 aliphatic heterocycles. The molecule has 2 aromatic carbocycles. The second-order valence-electron chi connectivity index (χ2n) is 7.16. The summed E-state index contributed by atoms with van der Waals surface area (Å²) in [5.41, 5.74) is 2.89. The van der Waals surface area contributed by atoms with E-state index in [9.17, 15) is 14.7 Å². The van der Waals surface area contributed by atoms with Crippen LogP contribution in [-0.2, 0) is 0 Å². The summed E-state index contributed by atoms with van der Waals surface area (Å²) in [6.45, 7) is 4.87. The third-order valence-corrected chi connectivity index (χ3v) is 4.84. The molecule has 6 heteroatoms. The fourth-order valence-corrected chi connectivity index (χ4v) is 3.08. The maximum Gasteiger partial charge on any atom is 0.336 e. The number of fused-ring (bicyclic) bond motifs is 1. The fraction of sp³-hybridized carbons (Fsp3) is 0.261. The molecule has 150 valence electrons. The van der Waals surface area contributed by atoms with Gasteiger partial charge in [-0.15, -0.1) is 0 Å². The van der Waals surface area contributed by atoms with Crippen LogP contribution in [-0.4, -0.2) is 35.6 Å². The summed E-state index contributed by atoms with van der Waals surface area (Å²) in [4.78, 5) is 30.9. The number of nitrogens with one attached hydrogen (secondary N) is 1. The van der Waals surface area contributed by atoms with Gasteiger partial charge in [-0.3, -0.25) is 4.79 Å². The number of pyridine rings is 1. The molecule has 0 aliphatic carbocycles. The molecule has 3 rings (SSSR count). The Morgan fingerprint density at radius 3 is 2.48 bits per heavy atom. The molecule has 1 amide bonds. The summed E-state index contributed by atoms with van der Waals surface area (Å²) in [7, 11) is 1.91. The highest BCUT2D eigenvalue weighted by atomic mass is 16.4. The predicted molar refractivity (Wildman–Crippen MR) is 116 cm³/mol. The first kappa shape index (κ1) is 20.3. The molecular weight excluding hydrogens is 366 g/mol. The number of carboxylic acids is 1. The van der Waals surface area contributed by atoms with Crippen LogP contribution in [0.25, 0.3) is 10.9 Å². The number of rotatable bonds is 7. The van der Waals surface area contributed by atoms with Gasteiger partial charge in [-0.05, 0) is 49.7 Å². The van der Waals surface area contributed by atoms with Crippen LogP contribution in [0.3, 0.4) is 0 Å². The Bertz CT molecular complexity index is 1050. The van der Waals surface area contributed by atoms with Crippen molar-refractivity contribution < 1.29 is 14.7 Å². The Hall–Kier alpha value is -3.41. The van der Waals surface area contributed by atoms with E-state index in [-0.39, 0.29) is 11.5 Å². The SMILES string of the molecule is CCCCN(C)c1cc(C(=O)O)c2cc(NC(=O)c3ccc(C)cc3)ccc2n1. The highest BCUT2D eigenvalue weighted by Gasteiger charge is 2.15. The van der Waals surface area contributed by atoms with Gasteiger partial charge >= 0.3 is 5.97 Å². The first-order valence-electron chi connectivity index (χ1n) is 9.66. The van der Waals surface area contributed by atoms with Crippen molar-refractivity contribution in [2.45, 2.75) is 26.7 Å². The van der Waals surface area contributed by atoms with Crippen LogP contribution in [0.4, 0.5) is 11.5 Å². The predicted octanol–water partition coefficient (Wildman–Crippen LogP) is 4.73. The molecule has 0 radical (unpaired) electrons. The van der Waals surface area contributed by atoms with Crippen molar-refractivity contribution in [2.75, 3.05) is 23.8 Å². The van der Waals surface area contributed by atoms with Gasteiger partial charge in [0.1, 0.15) is 5.82 Å². The Kier molecular flexibility index (Phi) is 6.12. The number of anilines is 2. The summed E-state index contributed by atoms with van der Waals surface area (Å²) in [5.74, 6) is -0.644. The maximum atomic E-state index is 12.5. The average molecular weight is 391 g/mol. The maximum absolute atomic E-state index is 12.5. The van der Waals surface area contributed by atoms with Gasteiger partial charge in [0.2, 0.25) is 0 Å². The lowest BCUT2D eigenvalue weighted by molar-refractivity contribution is 0.0698. The minimum atomic E-state index is -1.02. The van der Waals surface area contributed by atoms with Gasteiger partial charge in [-0.1, -0.05) is 31.0 Å². The third kappa shape index (κ3) is 4.71. The van der Waals surface area contributed by atoms with Crippen molar-refractivity contribution in [3.63, 3.8) is 0 Å². The fourth-order valence-electron chi connectivity index (χ4n) is 3.08. The number of benzene rings is 2. The third-order valence-electron chi connectivity index (χ3n) is 4.84.